The molecule has 0 spiro atoms. The molecule has 0 aliphatic heterocycles. The van der Waals surface area contributed by atoms with Gasteiger partial charge in [0.05, 0.1) is 24.2 Å². The Hall–Kier alpha value is -4.20. The minimum Gasteiger partial charge on any atom is -0.462 e. The predicted molar refractivity (Wildman–Crippen MR) is 133 cm³/mol. The molecule has 0 radical (unpaired) electrons. The molecule has 1 amide bonds. The minimum absolute atomic E-state index is 0.121. The van der Waals surface area contributed by atoms with Gasteiger partial charge in [0, 0.05) is 17.3 Å². The molecule has 7 nitrogen and oxygen atoms in total. The van der Waals surface area contributed by atoms with E-state index >= 15 is 0 Å². The molecule has 2 aromatic heterocycles. The number of esters is 1. The van der Waals surface area contributed by atoms with Crippen LogP contribution in [0.25, 0.3) is 22.7 Å². The second kappa shape index (κ2) is 10.2. The molecular formula is C28H26FN3O4. The van der Waals surface area contributed by atoms with Crippen molar-refractivity contribution in [3.63, 3.8) is 0 Å². The molecule has 0 unspecified atom stereocenters. The molecule has 0 saturated heterocycles. The van der Waals surface area contributed by atoms with Crippen molar-refractivity contribution in [1.82, 2.24) is 9.55 Å². The first kappa shape index (κ1) is 23.5. The van der Waals surface area contributed by atoms with Crippen molar-refractivity contribution >= 4 is 17.6 Å². The van der Waals surface area contributed by atoms with E-state index in [4.69, 9.17) is 9.15 Å². The van der Waals surface area contributed by atoms with Crippen LogP contribution in [0.3, 0.4) is 0 Å². The van der Waals surface area contributed by atoms with Gasteiger partial charge >= 0.3 is 5.97 Å². The normalized spacial score (nSPS) is 13.6. The van der Waals surface area contributed by atoms with E-state index in [1.165, 1.54) is 12.1 Å². The molecule has 1 N–H and O–H groups in total. The first-order chi connectivity index (χ1) is 17.5. The Labute approximate surface area is 207 Å². The molecule has 1 fully saturated rings. The molecule has 36 heavy (non-hydrogen) atoms. The second-order valence-corrected chi connectivity index (χ2v) is 8.71. The van der Waals surface area contributed by atoms with Crippen LogP contribution in [-0.4, -0.2) is 28.0 Å². The van der Waals surface area contributed by atoms with Crippen LogP contribution in [0.1, 0.15) is 59.6 Å². The lowest BCUT2D eigenvalue weighted by atomic mass is 10.1. The Morgan fingerprint density at radius 3 is 2.64 bits per heavy atom. The molecular weight excluding hydrogens is 461 g/mol. The zero-order valence-electron chi connectivity index (χ0n) is 19.9. The van der Waals surface area contributed by atoms with E-state index in [0.717, 1.165) is 36.9 Å². The van der Waals surface area contributed by atoms with Gasteiger partial charge in [-0.25, -0.2) is 14.2 Å². The van der Waals surface area contributed by atoms with E-state index in [-0.39, 0.29) is 24.2 Å². The number of benzene rings is 2. The maximum Gasteiger partial charge on any atom is 0.338 e. The summed E-state index contributed by atoms with van der Waals surface area (Å²) in [5.41, 5.74) is 2.99. The number of ether oxygens (including phenoxy) is 1. The molecule has 1 saturated carbocycles. The number of hydrogen-bond donors (Lipinski definition) is 1. The Morgan fingerprint density at radius 1 is 1.11 bits per heavy atom. The highest BCUT2D eigenvalue weighted by molar-refractivity contribution is 6.03. The smallest absolute Gasteiger partial charge is 0.338 e. The molecule has 1 aliphatic carbocycles. The largest absolute Gasteiger partial charge is 0.462 e. The maximum absolute atomic E-state index is 13.5. The van der Waals surface area contributed by atoms with Gasteiger partial charge in [0.1, 0.15) is 11.5 Å². The van der Waals surface area contributed by atoms with Crippen molar-refractivity contribution in [2.24, 2.45) is 0 Å². The van der Waals surface area contributed by atoms with E-state index in [0.29, 0.717) is 22.7 Å². The van der Waals surface area contributed by atoms with Crippen molar-refractivity contribution in [2.75, 3.05) is 11.9 Å². The SMILES string of the molecule is CCOC(=O)c1cccc(NC(=O)c2ccc(-c3c(-c4ccc(F)cc4)ncn3C3CCCC3)o2)c1. The van der Waals surface area contributed by atoms with Gasteiger partial charge in [-0.05, 0) is 74.4 Å². The number of nitrogens with zero attached hydrogens (tertiary/aromatic N) is 2. The van der Waals surface area contributed by atoms with Crippen LogP contribution in [0.15, 0.2) is 71.4 Å². The van der Waals surface area contributed by atoms with Crippen LogP contribution in [0.4, 0.5) is 10.1 Å². The molecule has 2 aromatic carbocycles. The van der Waals surface area contributed by atoms with Crippen LogP contribution >= 0.6 is 0 Å². The number of amides is 1. The van der Waals surface area contributed by atoms with Crippen LogP contribution in [0, 0.1) is 5.82 Å². The number of carbonyl (C=O) groups is 2. The Kier molecular flexibility index (Phi) is 6.66. The molecule has 4 aromatic rings. The quantitative estimate of drug-likeness (QED) is 0.301. The van der Waals surface area contributed by atoms with Crippen molar-refractivity contribution in [2.45, 2.75) is 38.6 Å². The van der Waals surface area contributed by atoms with Crippen LogP contribution in [0.2, 0.25) is 0 Å². The standard InChI is InChI=1S/C28H26FN3O4/c1-2-35-28(34)19-6-5-7-21(16-19)31-27(33)24-15-14-23(36-24)26-25(18-10-12-20(29)13-11-18)30-17-32(26)22-8-3-4-9-22/h5-7,10-17,22H,2-4,8-9H2,1H3,(H,31,33). The van der Waals surface area contributed by atoms with Crippen LogP contribution < -0.4 is 5.32 Å². The Balaban J connectivity index is 1.44. The fourth-order valence-electron chi connectivity index (χ4n) is 4.60. The van der Waals surface area contributed by atoms with Gasteiger partial charge in [-0.1, -0.05) is 18.9 Å². The molecule has 0 atom stereocenters. The summed E-state index contributed by atoms with van der Waals surface area (Å²) in [6.07, 6.45) is 6.16. The first-order valence-electron chi connectivity index (χ1n) is 12.0. The van der Waals surface area contributed by atoms with E-state index in [1.807, 2.05) is 0 Å². The monoisotopic (exact) mass is 487 g/mol. The van der Waals surface area contributed by atoms with Gasteiger partial charge in [0.2, 0.25) is 0 Å². The number of anilines is 1. The molecule has 1 aliphatic rings. The molecule has 8 heteroatoms. The fraction of sp³-hybridized carbons (Fsp3) is 0.250. The Bertz CT molecular complexity index is 1380. The molecule has 0 bridgehead atoms. The van der Waals surface area contributed by atoms with Gasteiger partial charge in [-0.15, -0.1) is 0 Å². The number of aromatic nitrogens is 2. The lowest BCUT2D eigenvalue weighted by molar-refractivity contribution is 0.0526. The first-order valence-corrected chi connectivity index (χ1v) is 12.0. The number of imidazole rings is 1. The molecule has 184 valence electrons. The summed E-state index contributed by atoms with van der Waals surface area (Å²) in [6, 6.07) is 16.4. The average Bonchev–Trinajstić information content (AvgIpc) is 3.65. The van der Waals surface area contributed by atoms with Gasteiger partial charge in [0.15, 0.2) is 11.5 Å². The number of halogens is 1. The van der Waals surface area contributed by atoms with Crippen molar-refractivity contribution < 1.29 is 23.1 Å². The topological polar surface area (TPSA) is 86.4 Å². The average molecular weight is 488 g/mol. The Morgan fingerprint density at radius 2 is 1.89 bits per heavy atom. The van der Waals surface area contributed by atoms with Crippen molar-refractivity contribution in [3.8, 4) is 22.7 Å². The number of furan rings is 1. The lowest BCUT2D eigenvalue weighted by Crippen LogP contribution is -2.12. The lowest BCUT2D eigenvalue weighted by Gasteiger charge is -2.15. The van der Waals surface area contributed by atoms with Gasteiger partial charge in [-0.3, -0.25) is 4.79 Å². The van der Waals surface area contributed by atoms with E-state index in [2.05, 4.69) is 14.9 Å². The summed E-state index contributed by atoms with van der Waals surface area (Å²) in [5.74, 6) is -0.598. The van der Waals surface area contributed by atoms with Crippen LogP contribution in [-0.2, 0) is 4.74 Å². The number of nitrogens with one attached hydrogen (secondary N) is 1. The predicted octanol–water partition coefficient (Wildman–Crippen LogP) is 6.49. The van der Waals surface area contributed by atoms with E-state index in [9.17, 15) is 14.0 Å². The second-order valence-electron chi connectivity index (χ2n) is 8.71. The number of hydrogen-bond acceptors (Lipinski definition) is 5. The number of rotatable bonds is 7. The van der Waals surface area contributed by atoms with Crippen molar-refractivity contribution in [3.05, 3.63) is 84.1 Å². The zero-order valence-corrected chi connectivity index (χ0v) is 19.9. The van der Waals surface area contributed by atoms with Crippen LogP contribution in [0.5, 0.6) is 0 Å². The summed E-state index contributed by atoms with van der Waals surface area (Å²) in [7, 11) is 0. The maximum atomic E-state index is 13.5. The zero-order chi connectivity index (χ0) is 25.1. The van der Waals surface area contributed by atoms with E-state index in [1.54, 1.807) is 61.8 Å². The molecule has 5 rings (SSSR count). The summed E-state index contributed by atoms with van der Waals surface area (Å²) in [5, 5.41) is 2.77. The number of carbonyl (C=O) groups excluding carboxylic acids is 2. The summed E-state index contributed by atoms with van der Waals surface area (Å²) in [4.78, 5) is 29.6. The minimum atomic E-state index is -0.456. The third-order valence-electron chi connectivity index (χ3n) is 6.32. The van der Waals surface area contributed by atoms with Gasteiger partial charge < -0.3 is 19.0 Å². The van der Waals surface area contributed by atoms with Crippen molar-refractivity contribution in [1.29, 1.82) is 0 Å². The highest BCUT2D eigenvalue weighted by Gasteiger charge is 2.26. The van der Waals surface area contributed by atoms with Gasteiger partial charge in [0.25, 0.3) is 5.91 Å². The molecule has 2 heterocycles. The fourth-order valence-corrected chi connectivity index (χ4v) is 4.60. The highest BCUT2D eigenvalue weighted by Crippen LogP contribution is 2.39. The highest BCUT2D eigenvalue weighted by atomic mass is 19.1. The van der Waals surface area contributed by atoms with Gasteiger partial charge in [-0.2, -0.15) is 0 Å². The summed E-state index contributed by atoms with van der Waals surface area (Å²) in [6.45, 7) is 2.00. The van der Waals surface area contributed by atoms with E-state index < -0.39 is 11.9 Å². The summed E-state index contributed by atoms with van der Waals surface area (Å²) < 4.78 is 26.7. The summed E-state index contributed by atoms with van der Waals surface area (Å²) >= 11 is 0. The third-order valence-corrected chi connectivity index (χ3v) is 6.32. The third kappa shape index (κ3) is 4.79.